The second kappa shape index (κ2) is 10.6. The van der Waals surface area contributed by atoms with Crippen LogP contribution in [0.2, 0.25) is 0 Å². The van der Waals surface area contributed by atoms with Crippen LogP contribution in [0, 0.1) is 5.92 Å². The highest BCUT2D eigenvalue weighted by Gasteiger charge is 2.22. The Morgan fingerprint density at radius 3 is 2.42 bits per heavy atom. The molecule has 0 unspecified atom stereocenters. The highest BCUT2D eigenvalue weighted by Crippen LogP contribution is 2.33. The Balaban J connectivity index is 0.00000169. The minimum Gasteiger partial charge on any atom is -0.371 e. The summed E-state index contributed by atoms with van der Waals surface area (Å²) in [6.45, 7) is 4.56. The largest absolute Gasteiger partial charge is 0.371 e. The van der Waals surface area contributed by atoms with Gasteiger partial charge in [0.25, 0.3) is 0 Å². The summed E-state index contributed by atoms with van der Waals surface area (Å²) >= 11 is 0. The SMILES string of the molecule is CC[C@H](N)c1ccc(N(C)C2CCN(C)CC2)cc1/C=C/C1CC1.Cl.Cl. The number of allylic oxidation sites excluding steroid dienone is 1. The lowest BCUT2D eigenvalue weighted by molar-refractivity contribution is 0.253. The van der Waals surface area contributed by atoms with E-state index in [1.165, 1.54) is 55.6 Å². The topological polar surface area (TPSA) is 32.5 Å². The van der Waals surface area contributed by atoms with Crippen LogP contribution in [0.15, 0.2) is 24.3 Å². The molecule has 3 rings (SSSR count). The van der Waals surface area contributed by atoms with Crippen LogP contribution in [-0.2, 0) is 0 Å². The van der Waals surface area contributed by atoms with Crippen molar-refractivity contribution in [3.63, 3.8) is 0 Å². The Bertz CT molecular complexity index is 579. The molecule has 1 aliphatic heterocycles. The normalized spacial score (nSPS) is 19.7. The van der Waals surface area contributed by atoms with Crippen LogP contribution >= 0.6 is 24.8 Å². The monoisotopic (exact) mass is 399 g/mol. The van der Waals surface area contributed by atoms with Gasteiger partial charge in [-0.2, -0.15) is 0 Å². The maximum atomic E-state index is 6.35. The maximum absolute atomic E-state index is 6.35. The van der Waals surface area contributed by atoms with E-state index in [9.17, 15) is 0 Å². The predicted molar refractivity (Wildman–Crippen MR) is 119 cm³/mol. The van der Waals surface area contributed by atoms with Crippen LogP contribution < -0.4 is 10.6 Å². The average molecular weight is 400 g/mol. The fourth-order valence-corrected chi connectivity index (χ4v) is 3.60. The Labute approximate surface area is 171 Å². The fourth-order valence-electron chi connectivity index (χ4n) is 3.60. The van der Waals surface area contributed by atoms with Gasteiger partial charge in [0.1, 0.15) is 0 Å². The summed E-state index contributed by atoms with van der Waals surface area (Å²) in [5.41, 5.74) is 10.3. The van der Waals surface area contributed by atoms with Crippen LogP contribution in [-0.4, -0.2) is 38.1 Å². The Morgan fingerprint density at radius 1 is 1.19 bits per heavy atom. The van der Waals surface area contributed by atoms with Crippen molar-refractivity contribution in [2.24, 2.45) is 11.7 Å². The number of halogens is 2. The van der Waals surface area contributed by atoms with Crippen molar-refractivity contribution >= 4 is 36.6 Å². The third-order valence-corrected chi connectivity index (χ3v) is 5.72. The van der Waals surface area contributed by atoms with Crippen LogP contribution in [0.4, 0.5) is 5.69 Å². The summed E-state index contributed by atoms with van der Waals surface area (Å²) in [7, 11) is 4.47. The van der Waals surface area contributed by atoms with Crippen LogP contribution in [0.3, 0.4) is 0 Å². The second-order valence-corrected chi connectivity index (χ2v) is 7.67. The van der Waals surface area contributed by atoms with Gasteiger partial charge in [-0.1, -0.05) is 25.1 Å². The third-order valence-electron chi connectivity index (χ3n) is 5.72. The zero-order chi connectivity index (χ0) is 17.1. The molecular formula is C21H35Cl2N3. The number of benzene rings is 1. The molecule has 1 heterocycles. The molecule has 2 N–H and O–H groups in total. The van der Waals surface area contributed by atoms with E-state index in [1.54, 1.807) is 0 Å². The molecule has 1 atom stereocenters. The van der Waals surface area contributed by atoms with Crippen molar-refractivity contribution in [2.75, 3.05) is 32.1 Å². The first-order chi connectivity index (χ1) is 11.6. The molecular weight excluding hydrogens is 365 g/mol. The van der Waals surface area contributed by atoms with Gasteiger partial charge in [0.15, 0.2) is 0 Å². The highest BCUT2D eigenvalue weighted by atomic mass is 35.5. The van der Waals surface area contributed by atoms with Gasteiger partial charge in [0.05, 0.1) is 0 Å². The summed E-state index contributed by atoms with van der Waals surface area (Å²) in [6, 6.07) is 7.64. The summed E-state index contributed by atoms with van der Waals surface area (Å²) < 4.78 is 0. The van der Waals surface area contributed by atoms with Crippen molar-refractivity contribution in [1.82, 2.24) is 4.90 Å². The molecule has 26 heavy (non-hydrogen) atoms. The summed E-state index contributed by atoms with van der Waals surface area (Å²) in [4.78, 5) is 4.90. The van der Waals surface area contributed by atoms with Gasteiger partial charge in [-0.05, 0) is 81.4 Å². The van der Waals surface area contributed by atoms with Crippen molar-refractivity contribution in [3.8, 4) is 0 Å². The minimum absolute atomic E-state index is 0. The lowest BCUT2D eigenvalue weighted by atomic mass is 9.96. The maximum Gasteiger partial charge on any atom is 0.0372 e. The zero-order valence-corrected chi connectivity index (χ0v) is 18.0. The smallest absolute Gasteiger partial charge is 0.0372 e. The van der Waals surface area contributed by atoms with E-state index >= 15 is 0 Å². The van der Waals surface area contributed by atoms with E-state index in [-0.39, 0.29) is 30.9 Å². The molecule has 0 radical (unpaired) electrons. The molecule has 1 aromatic carbocycles. The molecule has 0 bridgehead atoms. The number of likely N-dealkylation sites (tertiary alicyclic amines) is 1. The predicted octanol–water partition coefficient (Wildman–Crippen LogP) is 4.89. The Morgan fingerprint density at radius 2 is 1.85 bits per heavy atom. The summed E-state index contributed by atoms with van der Waals surface area (Å²) in [6.07, 6.45) is 10.9. The van der Waals surface area contributed by atoms with Gasteiger partial charge in [-0.3, -0.25) is 0 Å². The molecule has 1 aromatic rings. The quantitative estimate of drug-likeness (QED) is 0.738. The van der Waals surface area contributed by atoms with Gasteiger partial charge >= 0.3 is 0 Å². The van der Waals surface area contributed by atoms with Crippen LogP contribution in [0.1, 0.15) is 56.2 Å². The van der Waals surface area contributed by atoms with E-state index in [4.69, 9.17) is 5.73 Å². The molecule has 1 saturated carbocycles. The summed E-state index contributed by atoms with van der Waals surface area (Å²) in [5.74, 6) is 0.797. The number of rotatable bonds is 6. The first kappa shape index (κ1) is 23.3. The number of anilines is 1. The second-order valence-electron chi connectivity index (χ2n) is 7.67. The molecule has 2 fully saturated rings. The van der Waals surface area contributed by atoms with E-state index in [0.717, 1.165) is 12.3 Å². The average Bonchev–Trinajstić information content (AvgIpc) is 3.43. The van der Waals surface area contributed by atoms with Gasteiger partial charge in [-0.25, -0.2) is 0 Å². The standard InChI is InChI=1S/C21H33N3.2ClH/c1-4-21(22)20-10-9-19(15-17(20)8-7-16-5-6-16)24(3)18-11-13-23(2)14-12-18;;/h7-10,15-16,18,21H,4-6,11-14,22H2,1-3H3;2*1H/b8-7+;;/t21-;;/m0../s1. The Kier molecular flexibility index (Phi) is 9.46. The Hall–Kier alpha value is -0.740. The van der Waals surface area contributed by atoms with E-state index < -0.39 is 0 Å². The lowest BCUT2D eigenvalue weighted by Crippen LogP contribution is -2.42. The number of nitrogens with zero attached hydrogens (tertiary/aromatic N) is 2. The number of piperidine rings is 1. The van der Waals surface area contributed by atoms with Crippen molar-refractivity contribution < 1.29 is 0 Å². The van der Waals surface area contributed by atoms with Gasteiger partial charge in [-0.15, -0.1) is 24.8 Å². The third kappa shape index (κ3) is 5.88. The van der Waals surface area contributed by atoms with E-state index in [2.05, 4.69) is 61.2 Å². The lowest BCUT2D eigenvalue weighted by Gasteiger charge is -2.36. The molecule has 0 amide bonds. The minimum atomic E-state index is 0. The molecule has 0 aromatic heterocycles. The van der Waals surface area contributed by atoms with Crippen LogP contribution in [0.5, 0.6) is 0 Å². The van der Waals surface area contributed by atoms with E-state index in [0.29, 0.717) is 6.04 Å². The molecule has 2 aliphatic rings. The summed E-state index contributed by atoms with van der Waals surface area (Å²) in [5, 5.41) is 0. The van der Waals surface area contributed by atoms with Gasteiger partial charge < -0.3 is 15.5 Å². The van der Waals surface area contributed by atoms with Gasteiger partial charge in [0, 0.05) is 24.8 Å². The molecule has 148 valence electrons. The number of hydrogen-bond donors (Lipinski definition) is 1. The number of nitrogens with two attached hydrogens (primary N) is 1. The first-order valence-electron chi connectivity index (χ1n) is 9.57. The van der Waals surface area contributed by atoms with Crippen molar-refractivity contribution in [3.05, 3.63) is 35.4 Å². The molecule has 0 spiro atoms. The van der Waals surface area contributed by atoms with Gasteiger partial charge in [0.2, 0.25) is 0 Å². The van der Waals surface area contributed by atoms with Crippen molar-refractivity contribution in [1.29, 1.82) is 0 Å². The van der Waals surface area contributed by atoms with Crippen LogP contribution in [0.25, 0.3) is 6.08 Å². The molecule has 1 saturated heterocycles. The molecule has 5 heteroatoms. The zero-order valence-electron chi connectivity index (χ0n) is 16.4. The fraction of sp³-hybridized carbons (Fsp3) is 0.619. The van der Waals surface area contributed by atoms with Crippen molar-refractivity contribution in [2.45, 2.75) is 51.1 Å². The first-order valence-corrected chi connectivity index (χ1v) is 9.57. The highest BCUT2D eigenvalue weighted by molar-refractivity contribution is 5.85. The molecule has 1 aliphatic carbocycles. The van der Waals surface area contributed by atoms with E-state index in [1.807, 2.05) is 0 Å². The number of hydrogen-bond acceptors (Lipinski definition) is 3. The molecule has 3 nitrogen and oxygen atoms in total.